The van der Waals surface area contributed by atoms with Crippen LogP contribution in [0.15, 0.2) is 297 Å². The van der Waals surface area contributed by atoms with E-state index in [1.54, 1.807) is 0 Å². The molecule has 0 heterocycles. The lowest BCUT2D eigenvalue weighted by Gasteiger charge is -2.35. The van der Waals surface area contributed by atoms with Gasteiger partial charge in [0.25, 0.3) is 0 Å². The van der Waals surface area contributed by atoms with Crippen LogP contribution in [0.3, 0.4) is 0 Å². The third-order valence-corrected chi connectivity index (χ3v) is 16.6. The van der Waals surface area contributed by atoms with E-state index < -0.39 is 10.8 Å². The van der Waals surface area contributed by atoms with Crippen LogP contribution in [0, 0.1) is 0 Å². The summed E-state index contributed by atoms with van der Waals surface area (Å²) >= 11 is 0. The normalized spacial score (nSPS) is 13.5. The highest BCUT2D eigenvalue weighted by Gasteiger charge is 2.53. The van der Waals surface area contributed by atoms with Crippen LogP contribution in [-0.4, -0.2) is 0 Å². The zero-order valence-electron chi connectivity index (χ0n) is 41.2. The fraction of sp³-hybridized carbons (Fsp3) is 0.0270. The third-order valence-electron chi connectivity index (χ3n) is 16.6. The Bertz CT molecular complexity index is 4050. The van der Waals surface area contributed by atoms with Gasteiger partial charge in [0, 0.05) is 16.8 Å². The van der Waals surface area contributed by atoms with E-state index in [9.17, 15) is 0 Å². The summed E-state index contributed by atoms with van der Waals surface area (Å²) in [4.78, 5) is 2.59. The molecular weight excluding hydrogens is 903 g/mol. The number of fused-ring (bicyclic) bond motifs is 13. The molecule has 0 radical (unpaired) electrons. The van der Waals surface area contributed by atoms with Crippen molar-refractivity contribution in [3.05, 3.63) is 342 Å². The number of hydrogen-bond donors (Lipinski definition) is 0. The molecule has 0 aromatic heterocycles. The largest absolute Gasteiger partial charge is 0.309 e. The summed E-state index contributed by atoms with van der Waals surface area (Å²) in [7, 11) is 0. The van der Waals surface area contributed by atoms with Gasteiger partial charge >= 0.3 is 0 Å². The Morgan fingerprint density at radius 1 is 0.213 bits per heavy atom. The lowest BCUT2D eigenvalue weighted by Crippen LogP contribution is -2.28. The van der Waals surface area contributed by atoms with E-state index in [4.69, 9.17) is 0 Å². The van der Waals surface area contributed by atoms with Crippen LogP contribution in [0.1, 0.15) is 44.5 Å². The first kappa shape index (κ1) is 43.1. The molecule has 0 aliphatic heterocycles. The fourth-order valence-corrected chi connectivity index (χ4v) is 13.5. The summed E-state index contributed by atoms with van der Waals surface area (Å²) in [6.45, 7) is 0. The van der Waals surface area contributed by atoms with E-state index in [1.165, 1.54) is 111 Å². The Balaban J connectivity index is 1.01. The van der Waals surface area contributed by atoms with Crippen LogP contribution in [0.25, 0.3) is 66.8 Å². The molecule has 0 N–H and O–H groups in total. The molecule has 350 valence electrons. The van der Waals surface area contributed by atoms with Crippen molar-refractivity contribution in [3.8, 4) is 66.8 Å². The molecule has 1 nitrogen and oxygen atoms in total. The van der Waals surface area contributed by atoms with E-state index in [0.29, 0.717) is 0 Å². The summed E-state index contributed by atoms with van der Waals surface area (Å²) in [5.74, 6) is 0. The molecule has 75 heavy (non-hydrogen) atoms. The Morgan fingerprint density at radius 2 is 0.560 bits per heavy atom. The first-order valence-corrected chi connectivity index (χ1v) is 26.2. The lowest BCUT2D eigenvalue weighted by molar-refractivity contribution is 0.769. The number of hydrogen-bond acceptors (Lipinski definition) is 1. The quantitative estimate of drug-likeness (QED) is 0.147. The first-order chi connectivity index (χ1) is 37.2. The molecule has 0 amide bonds. The van der Waals surface area contributed by atoms with Gasteiger partial charge in [-0.15, -0.1) is 0 Å². The van der Waals surface area contributed by atoms with Crippen molar-refractivity contribution in [2.45, 2.75) is 10.8 Å². The van der Waals surface area contributed by atoms with E-state index in [1.807, 2.05) is 0 Å². The monoisotopic (exact) mass is 951 g/mol. The minimum atomic E-state index is -0.623. The molecule has 12 aromatic rings. The van der Waals surface area contributed by atoms with Crippen molar-refractivity contribution in [1.29, 1.82) is 0 Å². The fourth-order valence-electron chi connectivity index (χ4n) is 13.5. The minimum Gasteiger partial charge on any atom is -0.309 e. The molecule has 0 unspecified atom stereocenters. The van der Waals surface area contributed by atoms with Crippen LogP contribution in [0.4, 0.5) is 17.1 Å². The van der Waals surface area contributed by atoms with Gasteiger partial charge in [-0.05, 0) is 130 Å². The average Bonchev–Trinajstić information content (AvgIpc) is 4.21. The van der Waals surface area contributed by atoms with Crippen LogP contribution < -0.4 is 4.90 Å². The highest BCUT2D eigenvalue weighted by atomic mass is 15.1. The van der Waals surface area contributed by atoms with Gasteiger partial charge in [-0.25, -0.2) is 0 Å². The molecule has 3 aliphatic carbocycles. The van der Waals surface area contributed by atoms with Crippen molar-refractivity contribution in [2.75, 3.05) is 4.90 Å². The Kier molecular flexibility index (Phi) is 9.77. The van der Waals surface area contributed by atoms with Gasteiger partial charge in [0.15, 0.2) is 0 Å². The van der Waals surface area contributed by atoms with Crippen molar-refractivity contribution in [3.63, 3.8) is 0 Å². The summed E-state index contributed by atoms with van der Waals surface area (Å²) in [6, 6.07) is 111. The second kappa shape index (κ2) is 17.0. The van der Waals surface area contributed by atoms with Gasteiger partial charge in [0.2, 0.25) is 0 Å². The van der Waals surface area contributed by atoms with Gasteiger partial charge in [0.1, 0.15) is 0 Å². The van der Waals surface area contributed by atoms with Crippen LogP contribution >= 0.6 is 0 Å². The Morgan fingerprint density at radius 3 is 1.07 bits per heavy atom. The molecule has 0 fully saturated rings. The first-order valence-electron chi connectivity index (χ1n) is 26.2. The zero-order chi connectivity index (χ0) is 49.5. The third kappa shape index (κ3) is 6.25. The standard InChI is InChI=1S/C74H49N/c1-5-21-50(22-6-1)52-39-41-53(42-40-52)54-43-46-58(47-44-54)75(69-38-20-36-67-71(69)61-31-15-18-34-65(61)74(67)63-32-16-13-29-59(63)60-30-14-17-33-64(60)74)70-37-19-35-66-72(70)62-48-45-55(51-23-7-2-8-24-51)49-68(62)73(66,56-25-9-3-10-26-56)57-27-11-4-12-28-57/h1-49H. The van der Waals surface area contributed by atoms with Crippen molar-refractivity contribution < 1.29 is 0 Å². The Labute approximate surface area is 439 Å². The Hall–Kier alpha value is -9.56. The van der Waals surface area contributed by atoms with E-state index >= 15 is 0 Å². The second-order valence-electron chi connectivity index (χ2n) is 20.2. The van der Waals surface area contributed by atoms with Crippen LogP contribution in [-0.2, 0) is 10.8 Å². The van der Waals surface area contributed by atoms with Gasteiger partial charge in [-0.3, -0.25) is 0 Å². The number of rotatable bonds is 8. The summed E-state index contributed by atoms with van der Waals surface area (Å²) in [5, 5.41) is 0. The maximum Gasteiger partial charge on any atom is 0.0726 e. The highest BCUT2D eigenvalue weighted by molar-refractivity contribution is 6.04. The second-order valence-corrected chi connectivity index (χ2v) is 20.2. The molecule has 15 rings (SSSR count). The molecule has 12 aromatic carbocycles. The summed E-state index contributed by atoms with van der Waals surface area (Å²) < 4.78 is 0. The number of nitrogens with zero attached hydrogens (tertiary/aromatic N) is 1. The maximum absolute atomic E-state index is 2.59. The van der Waals surface area contributed by atoms with Gasteiger partial charge < -0.3 is 4.90 Å². The summed E-state index contributed by atoms with van der Waals surface area (Å²) in [6.07, 6.45) is 0. The molecule has 1 heteroatoms. The summed E-state index contributed by atoms with van der Waals surface area (Å²) in [5.41, 5.74) is 27.3. The molecule has 0 atom stereocenters. The maximum atomic E-state index is 2.59. The smallest absolute Gasteiger partial charge is 0.0726 e. The number of anilines is 3. The molecule has 3 aliphatic rings. The van der Waals surface area contributed by atoms with Gasteiger partial charge in [-0.2, -0.15) is 0 Å². The van der Waals surface area contributed by atoms with Crippen molar-refractivity contribution >= 4 is 17.1 Å². The van der Waals surface area contributed by atoms with Gasteiger partial charge in [0.05, 0.1) is 22.2 Å². The predicted octanol–water partition coefficient (Wildman–Crippen LogP) is 18.9. The SMILES string of the molecule is c1ccc(-c2ccc(-c3ccc(N(c4cccc5c4-c4ccc(-c6ccccc6)cc4C5(c4ccccc4)c4ccccc4)c4cccc5c4-c4ccccc4C54c5ccccc5-c5ccccc54)cc3)cc2)cc1. The number of benzene rings is 12. The topological polar surface area (TPSA) is 3.24 Å². The molecular formula is C74H49N. The average molecular weight is 952 g/mol. The van der Waals surface area contributed by atoms with E-state index in [0.717, 1.165) is 17.1 Å². The minimum absolute atomic E-state index is 0.495. The van der Waals surface area contributed by atoms with Crippen molar-refractivity contribution in [2.24, 2.45) is 0 Å². The molecule has 0 saturated carbocycles. The molecule has 1 spiro atoms. The van der Waals surface area contributed by atoms with Crippen LogP contribution in [0.2, 0.25) is 0 Å². The van der Waals surface area contributed by atoms with Crippen LogP contribution in [0.5, 0.6) is 0 Å². The highest BCUT2D eigenvalue weighted by Crippen LogP contribution is 2.66. The molecule has 0 saturated heterocycles. The van der Waals surface area contributed by atoms with Crippen molar-refractivity contribution in [1.82, 2.24) is 0 Å². The van der Waals surface area contributed by atoms with E-state index in [2.05, 4.69) is 302 Å². The molecule has 0 bridgehead atoms. The van der Waals surface area contributed by atoms with E-state index in [-0.39, 0.29) is 0 Å². The lowest BCUT2D eigenvalue weighted by atomic mass is 9.67. The van der Waals surface area contributed by atoms with Gasteiger partial charge in [-0.1, -0.05) is 267 Å². The zero-order valence-corrected chi connectivity index (χ0v) is 41.2. The predicted molar refractivity (Wildman–Crippen MR) is 311 cm³/mol.